The van der Waals surface area contributed by atoms with Gasteiger partial charge in [-0.3, -0.25) is 19.1 Å². The molecule has 71 heavy (non-hydrogen) atoms. The van der Waals surface area contributed by atoms with Crippen LogP contribution in [0.2, 0.25) is 0 Å². The second kappa shape index (κ2) is 21.5. The highest BCUT2D eigenvalue weighted by Crippen LogP contribution is 2.44. The molecule has 3 amide bonds. The first-order chi connectivity index (χ1) is 34.6. The number of hydrogen-bond donors (Lipinski definition) is 2. The van der Waals surface area contributed by atoms with E-state index < -0.39 is 6.43 Å². The molecule has 0 saturated carbocycles. The average molecular weight is 979 g/mol. The summed E-state index contributed by atoms with van der Waals surface area (Å²) in [6.07, 6.45) is 8.32. The fourth-order valence-electron chi connectivity index (χ4n) is 11.1. The van der Waals surface area contributed by atoms with Gasteiger partial charge in [0.2, 0.25) is 5.91 Å². The summed E-state index contributed by atoms with van der Waals surface area (Å²) in [6, 6.07) is 12.4. The van der Waals surface area contributed by atoms with E-state index in [1.54, 1.807) is 60.6 Å². The Labute approximate surface area is 412 Å². The topological polar surface area (TPSA) is 148 Å². The number of rotatable bonds is 14. The summed E-state index contributed by atoms with van der Waals surface area (Å²) in [7, 11) is 3.40. The van der Waals surface area contributed by atoms with Gasteiger partial charge in [0, 0.05) is 145 Å². The van der Waals surface area contributed by atoms with Gasteiger partial charge in [-0.25, -0.2) is 27.9 Å². The van der Waals surface area contributed by atoms with Gasteiger partial charge in [0.05, 0.1) is 38.4 Å². The zero-order valence-electron chi connectivity index (χ0n) is 40.8. The van der Waals surface area contributed by atoms with Crippen LogP contribution in [0.3, 0.4) is 0 Å². The number of piperazine rings is 1. The van der Waals surface area contributed by atoms with E-state index in [1.165, 1.54) is 6.07 Å². The molecule has 2 N–H and O–H groups in total. The van der Waals surface area contributed by atoms with Crippen LogP contribution in [0, 0.1) is 5.82 Å². The van der Waals surface area contributed by atoms with Crippen LogP contribution in [-0.4, -0.2) is 154 Å². The summed E-state index contributed by atoms with van der Waals surface area (Å²) < 4.78 is 53.2. The minimum absolute atomic E-state index is 0.0443. The van der Waals surface area contributed by atoms with Crippen molar-refractivity contribution in [1.29, 1.82) is 0 Å². The molecule has 0 aliphatic carbocycles. The number of nitrogens with one attached hydrogen (secondary N) is 2. The maximum absolute atomic E-state index is 14.8. The number of ether oxygens (including phenoxy) is 1. The van der Waals surface area contributed by atoms with Crippen molar-refractivity contribution < 1.29 is 27.5 Å². The first-order valence-corrected chi connectivity index (χ1v) is 25.3. The maximum atomic E-state index is 14.8. The van der Waals surface area contributed by atoms with Crippen molar-refractivity contribution >= 4 is 40.8 Å². The lowest BCUT2D eigenvalue weighted by Crippen LogP contribution is -2.47. The molecular weight excluding hydrogens is 914 g/mol. The van der Waals surface area contributed by atoms with Crippen molar-refractivity contribution in [3.63, 3.8) is 0 Å². The number of nitrogens with zero attached hydrogens (tertiary/aromatic N) is 12. The Kier molecular flexibility index (Phi) is 14.6. The highest BCUT2D eigenvalue weighted by Gasteiger charge is 2.36. The van der Waals surface area contributed by atoms with E-state index in [1.807, 2.05) is 23.1 Å². The molecule has 20 heteroatoms. The fourth-order valence-corrected chi connectivity index (χ4v) is 11.1. The molecule has 5 aliphatic rings. The van der Waals surface area contributed by atoms with Gasteiger partial charge < -0.3 is 39.9 Å². The number of amides is 3. The lowest BCUT2D eigenvalue weighted by atomic mass is 9.92. The normalized spacial score (nSPS) is 19.0. The SMILES string of the molecule is CNC(=O)N1CCc2c(c(N3CCCc4cc(-c5cnn(C)c5)c(C(F)F)cc43)nn2C2CCN(C(=O)CCOCCN3CCN(c4cc(N[C@@H]5CCCN(c6cccc(F)c6)C5)ncn4)CC3)CC2)C1. The molecule has 378 valence electrons. The zero-order valence-corrected chi connectivity index (χ0v) is 40.8. The highest BCUT2D eigenvalue weighted by molar-refractivity contribution is 5.78. The summed E-state index contributed by atoms with van der Waals surface area (Å²) in [5, 5.41) is 15.9. The Morgan fingerprint density at radius 3 is 2.51 bits per heavy atom. The van der Waals surface area contributed by atoms with E-state index in [0.717, 1.165) is 124 Å². The van der Waals surface area contributed by atoms with Crippen LogP contribution in [0.25, 0.3) is 11.1 Å². The van der Waals surface area contributed by atoms with Gasteiger partial charge in [0.15, 0.2) is 5.82 Å². The van der Waals surface area contributed by atoms with Crippen LogP contribution in [0.5, 0.6) is 0 Å². The number of fused-ring (bicyclic) bond motifs is 2. The van der Waals surface area contributed by atoms with Crippen molar-refractivity contribution in [2.24, 2.45) is 7.05 Å². The molecule has 0 unspecified atom stereocenters. The van der Waals surface area contributed by atoms with Crippen molar-refractivity contribution in [2.45, 2.75) is 76.4 Å². The van der Waals surface area contributed by atoms with E-state index in [9.17, 15) is 22.8 Å². The molecule has 1 atom stereocenters. The van der Waals surface area contributed by atoms with E-state index in [-0.39, 0.29) is 35.4 Å². The monoisotopic (exact) mass is 979 g/mol. The van der Waals surface area contributed by atoms with Gasteiger partial charge in [-0.05, 0) is 80.0 Å². The lowest BCUT2D eigenvalue weighted by Gasteiger charge is -2.36. The first kappa shape index (κ1) is 48.2. The van der Waals surface area contributed by atoms with E-state index in [2.05, 4.69) is 50.0 Å². The van der Waals surface area contributed by atoms with Crippen molar-refractivity contribution in [3.05, 3.63) is 89.4 Å². The third-order valence-electron chi connectivity index (χ3n) is 14.9. The third-order valence-corrected chi connectivity index (χ3v) is 14.9. The number of hydrogen-bond acceptors (Lipinski definition) is 12. The number of anilines is 5. The molecule has 0 radical (unpaired) electrons. The second-order valence-electron chi connectivity index (χ2n) is 19.4. The number of aryl methyl sites for hydroxylation is 2. The number of carbonyl (C=O) groups excluding carboxylic acids is 2. The molecule has 0 bridgehead atoms. The number of halogens is 3. The largest absolute Gasteiger partial charge is 0.380 e. The van der Waals surface area contributed by atoms with Gasteiger partial charge in [-0.2, -0.15) is 10.2 Å². The smallest absolute Gasteiger partial charge is 0.317 e. The van der Waals surface area contributed by atoms with Gasteiger partial charge in [0.1, 0.15) is 23.8 Å². The van der Waals surface area contributed by atoms with Crippen molar-refractivity contribution in [3.8, 4) is 11.1 Å². The summed E-state index contributed by atoms with van der Waals surface area (Å²) in [4.78, 5) is 48.1. The summed E-state index contributed by atoms with van der Waals surface area (Å²) >= 11 is 0. The van der Waals surface area contributed by atoms with E-state index in [4.69, 9.17) is 9.84 Å². The number of carbonyl (C=O) groups is 2. The van der Waals surface area contributed by atoms with Gasteiger partial charge in [-0.1, -0.05) is 6.07 Å². The van der Waals surface area contributed by atoms with Crippen LogP contribution in [0.4, 0.5) is 46.8 Å². The molecule has 10 rings (SSSR count). The number of aromatic nitrogens is 6. The average Bonchev–Trinajstić information content (AvgIpc) is 4.01. The van der Waals surface area contributed by atoms with Crippen LogP contribution >= 0.6 is 0 Å². The van der Waals surface area contributed by atoms with Crippen LogP contribution in [-0.2, 0) is 36.0 Å². The molecule has 2 aromatic carbocycles. The molecule has 3 fully saturated rings. The molecule has 17 nitrogen and oxygen atoms in total. The standard InChI is InChI=1S/C51H65F3N14O3/c1-55-51(70)66-18-12-44-43(33-66)50(67-15-4-6-35-26-41(36-30-58-61(2)31-36)42(49(53)54)28-45(35)67)60-68(44)39-10-16-64(17-11-39)48(69)13-24-71-25-23-62-19-21-63(22-20-62)47-29-46(56-34-57-47)59-38-8-5-14-65(32-38)40-9-3-7-37(52)27-40/h3,7,9,26-31,34,38-39,49H,4-6,8,10-25,32-33H2,1-2H3,(H,55,70)(H,56,57,59)/t38-/m1/s1. The third kappa shape index (κ3) is 10.8. The Morgan fingerprint density at radius 2 is 1.73 bits per heavy atom. The van der Waals surface area contributed by atoms with Crippen LogP contribution in [0.15, 0.2) is 61.2 Å². The Morgan fingerprint density at radius 1 is 0.887 bits per heavy atom. The predicted molar refractivity (Wildman–Crippen MR) is 266 cm³/mol. The Balaban J connectivity index is 0.697. The Hall–Kier alpha value is -6.41. The summed E-state index contributed by atoms with van der Waals surface area (Å²) in [5.41, 5.74) is 5.72. The number of benzene rings is 2. The van der Waals surface area contributed by atoms with E-state index in [0.29, 0.717) is 75.7 Å². The minimum atomic E-state index is -2.69. The maximum Gasteiger partial charge on any atom is 0.317 e. The van der Waals surface area contributed by atoms with E-state index >= 15 is 0 Å². The molecule has 3 saturated heterocycles. The van der Waals surface area contributed by atoms with Crippen LogP contribution in [0.1, 0.15) is 73.4 Å². The van der Waals surface area contributed by atoms with Gasteiger partial charge in [-0.15, -0.1) is 0 Å². The summed E-state index contributed by atoms with van der Waals surface area (Å²) in [6.45, 7) is 9.51. The number of piperidine rings is 2. The first-order valence-electron chi connectivity index (χ1n) is 25.3. The molecule has 0 spiro atoms. The zero-order chi connectivity index (χ0) is 49.0. The quantitative estimate of drug-likeness (QED) is 0.119. The van der Waals surface area contributed by atoms with Gasteiger partial charge in [0.25, 0.3) is 6.43 Å². The van der Waals surface area contributed by atoms with Crippen molar-refractivity contribution in [1.82, 2.24) is 49.5 Å². The molecule has 3 aromatic heterocycles. The summed E-state index contributed by atoms with van der Waals surface area (Å²) in [5.74, 6) is 2.26. The number of alkyl halides is 2. The molecule has 5 aromatic rings. The fraction of sp³-hybridized carbons (Fsp3) is 0.529. The van der Waals surface area contributed by atoms with Crippen molar-refractivity contribution in [2.75, 3.05) is 112 Å². The number of urea groups is 1. The van der Waals surface area contributed by atoms with Crippen LogP contribution < -0.4 is 25.3 Å². The lowest BCUT2D eigenvalue weighted by molar-refractivity contribution is -0.133. The highest BCUT2D eigenvalue weighted by atomic mass is 19.3. The Bertz CT molecular complexity index is 2660. The molecule has 8 heterocycles. The molecule has 5 aliphatic heterocycles. The second-order valence-corrected chi connectivity index (χ2v) is 19.4. The number of likely N-dealkylation sites (tertiary alicyclic amines) is 1. The minimum Gasteiger partial charge on any atom is -0.380 e. The van der Waals surface area contributed by atoms with Gasteiger partial charge >= 0.3 is 6.03 Å². The molecular formula is C51H65F3N14O3. The predicted octanol–water partition coefficient (Wildman–Crippen LogP) is 6.41.